The van der Waals surface area contributed by atoms with E-state index in [1.165, 1.54) is 11.8 Å². The maximum Gasteiger partial charge on any atom is -0.0204 e. The minimum Gasteiger partial charge on any atom is -0.0433 e. The Bertz CT molecular complexity index is 158. The topological polar surface area (TPSA) is 0 Å². The van der Waals surface area contributed by atoms with Gasteiger partial charge in [-0.25, -0.2) is 0 Å². The molecular formula is C8H10. The van der Waals surface area contributed by atoms with Crippen LogP contribution < -0.4 is 0 Å². The van der Waals surface area contributed by atoms with E-state index >= 15 is 0 Å². The van der Waals surface area contributed by atoms with E-state index in [0.717, 1.165) is 10.8 Å². The first-order valence-electron chi connectivity index (χ1n) is 3.87. The summed E-state index contributed by atoms with van der Waals surface area (Å²) in [5, 5.41) is 0. The van der Waals surface area contributed by atoms with Crippen LogP contribution in [0.4, 0.5) is 0 Å². The van der Waals surface area contributed by atoms with Gasteiger partial charge in [0.05, 0.1) is 0 Å². The highest BCUT2D eigenvalue weighted by Crippen LogP contribution is 2.99. The molecule has 0 nitrogen and oxygen atoms in total. The van der Waals surface area contributed by atoms with Crippen LogP contribution >= 0.6 is 0 Å². The Morgan fingerprint density at radius 1 is 0.750 bits per heavy atom. The standard InChI is InChI=1S/C8H10/c1-5-2-7(1,5)8-3-6(8)4-8/h5-6H,1-4H2. The minimum atomic E-state index is 1.04. The second-order valence-corrected chi connectivity index (χ2v) is 4.52. The third-order valence-corrected chi connectivity index (χ3v) is 4.36. The molecule has 4 aliphatic carbocycles. The highest BCUT2D eigenvalue weighted by atomic mass is 15.0. The molecule has 4 saturated carbocycles. The maximum absolute atomic E-state index is 1.64. The fourth-order valence-corrected chi connectivity index (χ4v) is 3.03. The van der Waals surface area contributed by atoms with E-state index in [2.05, 4.69) is 0 Å². The first-order chi connectivity index (χ1) is 3.87. The lowest BCUT2D eigenvalue weighted by atomic mass is 10.0. The largest absolute Gasteiger partial charge is 0.0433 e. The first kappa shape index (κ1) is 3.24. The lowest BCUT2D eigenvalue weighted by molar-refractivity contribution is 0.457. The number of hydrogen-bond donors (Lipinski definition) is 0. The average molecular weight is 106 g/mol. The molecule has 0 aromatic heterocycles. The van der Waals surface area contributed by atoms with E-state index in [0.29, 0.717) is 0 Å². The Morgan fingerprint density at radius 2 is 1.00 bits per heavy atom. The Labute approximate surface area is 49.3 Å². The van der Waals surface area contributed by atoms with Crippen LogP contribution in [-0.4, -0.2) is 0 Å². The zero-order valence-corrected chi connectivity index (χ0v) is 4.98. The predicted octanol–water partition coefficient (Wildman–Crippen LogP) is 1.81. The first-order valence-corrected chi connectivity index (χ1v) is 3.87. The van der Waals surface area contributed by atoms with Crippen molar-refractivity contribution in [1.82, 2.24) is 0 Å². The summed E-state index contributed by atoms with van der Waals surface area (Å²) in [4.78, 5) is 0. The third kappa shape index (κ3) is 0.138. The molecule has 0 aromatic rings. The summed E-state index contributed by atoms with van der Waals surface area (Å²) in [6, 6.07) is 0. The van der Waals surface area contributed by atoms with Crippen LogP contribution in [0.3, 0.4) is 0 Å². The summed E-state index contributed by atoms with van der Waals surface area (Å²) in [6.07, 6.45) is 6.57. The molecule has 8 heavy (non-hydrogen) atoms. The van der Waals surface area contributed by atoms with Gasteiger partial charge in [-0.1, -0.05) is 0 Å². The lowest BCUT2D eigenvalue weighted by Crippen LogP contribution is -1.95. The molecule has 0 heteroatoms. The van der Waals surface area contributed by atoms with Crippen molar-refractivity contribution < 1.29 is 0 Å². The maximum atomic E-state index is 1.64. The number of fused-ring (bicyclic) bond motifs is 3. The lowest BCUT2D eigenvalue weighted by Gasteiger charge is -2.03. The van der Waals surface area contributed by atoms with E-state index < -0.39 is 0 Å². The van der Waals surface area contributed by atoms with Gasteiger partial charge in [0.2, 0.25) is 0 Å². The van der Waals surface area contributed by atoms with Gasteiger partial charge in [-0.05, 0) is 48.3 Å². The second-order valence-electron chi connectivity index (χ2n) is 4.52. The van der Waals surface area contributed by atoms with Gasteiger partial charge in [0.1, 0.15) is 0 Å². The molecule has 0 unspecified atom stereocenters. The summed E-state index contributed by atoms with van der Waals surface area (Å²) in [6.45, 7) is 0. The van der Waals surface area contributed by atoms with Crippen molar-refractivity contribution in [2.75, 3.05) is 0 Å². The Balaban J connectivity index is 1.92. The molecule has 0 saturated heterocycles. The van der Waals surface area contributed by atoms with Crippen molar-refractivity contribution in [2.24, 2.45) is 22.7 Å². The van der Waals surface area contributed by atoms with Crippen LogP contribution in [0, 0.1) is 22.7 Å². The molecule has 0 aliphatic heterocycles. The SMILES string of the molecule is C1C2CC12C12CC1C2. The molecule has 4 fully saturated rings. The zero-order chi connectivity index (χ0) is 4.98. The van der Waals surface area contributed by atoms with Gasteiger partial charge in [-0.2, -0.15) is 0 Å². The molecule has 0 spiro atoms. The number of rotatable bonds is 1. The average Bonchev–Trinajstić information content (AvgIpc) is 2.12. The van der Waals surface area contributed by atoms with Crippen molar-refractivity contribution >= 4 is 0 Å². The molecule has 0 amide bonds. The molecule has 42 valence electrons. The van der Waals surface area contributed by atoms with E-state index in [-0.39, 0.29) is 0 Å². The van der Waals surface area contributed by atoms with Crippen molar-refractivity contribution in [3.63, 3.8) is 0 Å². The summed E-state index contributed by atoms with van der Waals surface area (Å²) in [5.74, 6) is 2.52. The van der Waals surface area contributed by atoms with E-state index in [4.69, 9.17) is 0 Å². The van der Waals surface area contributed by atoms with Gasteiger partial charge < -0.3 is 0 Å². The van der Waals surface area contributed by atoms with E-state index in [9.17, 15) is 0 Å². The van der Waals surface area contributed by atoms with Gasteiger partial charge in [-0.3, -0.25) is 0 Å². The minimum absolute atomic E-state index is 1.04. The summed E-state index contributed by atoms with van der Waals surface area (Å²) in [7, 11) is 0. The third-order valence-electron chi connectivity index (χ3n) is 4.36. The Hall–Kier alpha value is 0. The molecule has 0 radical (unpaired) electrons. The van der Waals surface area contributed by atoms with Crippen molar-refractivity contribution in [3.8, 4) is 0 Å². The normalized spacial score (nSPS) is 87.0. The summed E-state index contributed by atoms with van der Waals surface area (Å²) >= 11 is 0. The summed E-state index contributed by atoms with van der Waals surface area (Å²) in [5.41, 5.74) is 2.08. The molecule has 0 bridgehead atoms. The molecular weight excluding hydrogens is 96.1 g/mol. The molecule has 0 atom stereocenters. The van der Waals surface area contributed by atoms with Crippen LogP contribution in [0.2, 0.25) is 0 Å². The summed E-state index contributed by atoms with van der Waals surface area (Å²) < 4.78 is 0. The molecule has 0 N–H and O–H groups in total. The van der Waals surface area contributed by atoms with Crippen LogP contribution in [-0.2, 0) is 0 Å². The van der Waals surface area contributed by atoms with Crippen molar-refractivity contribution in [3.05, 3.63) is 0 Å². The van der Waals surface area contributed by atoms with Crippen molar-refractivity contribution in [2.45, 2.75) is 25.7 Å². The van der Waals surface area contributed by atoms with E-state index in [1.54, 1.807) is 25.7 Å². The van der Waals surface area contributed by atoms with E-state index in [1.807, 2.05) is 0 Å². The zero-order valence-electron chi connectivity index (χ0n) is 4.98. The highest BCUT2D eigenvalue weighted by Gasteiger charge is 2.91. The monoisotopic (exact) mass is 106 g/mol. The van der Waals surface area contributed by atoms with Crippen molar-refractivity contribution in [1.29, 1.82) is 0 Å². The molecule has 0 heterocycles. The van der Waals surface area contributed by atoms with Crippen LogP contribution in [0.25, 0.3) is 0 Å². The highest BCUT2D eigenvalue weighted by molar-refractivity contribution is 5.39. The van der Waals surface area contributed by atoms with Gasteiger partial charge >= 0.3 is 0 Å². The second kappa shape index (κ2) is 0.521. The fourth-order valence-electron chi connectivity index (χ4n) is 3.03. The van der Waals surface area contributed by atoms with Gasteiger partial charge in [0.25, 0.3) is 0 Å². The molecule has 4 aliphatic rings. The Kier molecular flexibility index (Phi) is 0.211. The number of hydrogen-bond acceptors (Lipinski definition) is 0. The molecule has 4 rings (SSSR count). The smallest absolute Gasteiger partial charge is 0.0204 e. The van der Waals surface area contributed by atoms with Gasteiger partial charge in [0, 0.05) is 0 Å². The van der Waals surface area contributed by atoms with Gasteiger partial charge in [0.15, 0.2) is 0 Å². The quantitative estimate of drug-likeness (QED) is 0.478. The van der Waals surface area contributed by atoms with Gasteiger partial charge in [-0.15, -0.1) is 0 Å². The van der Waals surface area contributed by atoms with Crippen LogP contribution in [0.15, 0.2) is 0 Å². The molecule has 0 aromatic carbocycles. The van der Waals surface area contributed by atoms with Crippen LogP contribution in [0.1, 0.15) is 25.7 Å². The van der Waals surface area contributed by atoms with Crippen LogP contribution in [0.5, 0.6) is 0 Å². The predicted molar refractivity (Wildman–Crippen MR) is 30.3 cm³/mol. The fraction of sp³-hybridized carbons (Fsp3) is 1.00. The Morgan fingerprint density at radius 3 is 1.12 bits per heavy atom.